The van der Waals surface area contributed by atoms with Gasteiger partial charge in [0, 0.05) is 5.56 Å². The Labute approximate surface area is 79.6 Å². The summed E-state index contributed by atoms with van der Waals surface area (Å²) in [5.41, 5.74) is 1.31. The van der Waals surface area contributed by atoms with Crippen molar-refractivity contribution in [3.05, 3.63) is 35.9 Å². The van der Waals surface area contributed by atoms with Crippen LogP contribution in [0, 0.1) is 0 Å². The standard InChI is InChI=1S/C11H17NO/c1-2-11(9-13)12-8-10-6-4-3-5-7-10/h3-7,11-13H,2,8-9H2,1H3/p+1/t11-/m1/s1. The van der Waals surface area contributed by atoms with Crippen molar-refractivity contribution >= 4 is 0 Å². The molecule has 0 aliphatic rings. The monoisotopic (exact) mass is 180 g/mol. The fourth-order valence-electron chi connectivity index (χ4n) is 1.29. The van der Waals surface area contributed by atoms with Gasteiger partial charge in [-0.15, -0.1) is 0 Å². The Kier molecular flexibility index (Phi) is 4.50. The summed E-state index contributed by atoms with van der Waals surface area (Å²) in [6.07, 6.45) is 1.02. The topological polar surface area (TPSA) is 36.8 Å². The molecule has 0 bridgehead atoms. The molecule has 0 aliphatic heterocycles. The van der Waals surface area contributed by atoms with E-state index in [1.165, 1.54) is 5.56 Å². The zero-order valence-electron chi connectivity index (χ0n) is 8.11. The van der Waals surface area contributed by atoms with Crippen molar-refractivity contribution in [3.63, 3.8) is 0 Å². The highest BCUT2D eigenvalue weighted by Crippen LogP contribution is 1.95. The summed E-state index contributed by atoms with van der Waals surface area (Å²) in [4.78, 5) is 0. The zero-order valence-corrected chi connectivity index (χ0v) is 8.11. The molecule has 72 valence electrons. The predicted molar refractivity (Wildman–Crippen MR) is 53.2 cm³/mol. The molecule has 0 radical (unpaired) electrons. The normalized spacial score (nSPS) is 12.8. The first-order chi connectivity index (χ1) is 6.36. The van der Waals surface area contributed by atoms with E-state index >= 15 is 0 Å². The lowest BCUT2D eigenvalue weighted by Gasteiger charge is -2.10. The van der Waals surface area contributed by atoms with E-state index in [2.05, 4.69) is 24.4 Å². The van der Waals surface area contributed by atoms with E-state index in [1.807, 2.05) is 18.2 Å². The Morgan fingerprint density at radius 3 is 2.54 bits per heavy atom. The Hall–Kier alpha value is -0.860. The van der Waals surface area contributed by atoms with Crippen molar-refractivity contribution in [2.24, 2.45) is 0 Å². The van der Waals surface area contributed by atoms with Gasteiger partial charge in [-0.3, -0.25) is 0 Å². The van der Waals surface area contributed by atoms with E-state index in [0.29, 0.717) is 6.04 Å². The minimum absolute atomic E-state index is 0.267. The Bertz CT molecular complexity index is 219. The Balaban J connectivity index is 2.34. The van der Waals surface area contributed by atoms with Crippen LogP contribution in [0.5, 0.6) is 0 Å². The highest BCUT2D eigenvalue weighted by molar-refractivity contribution is 5.12. The first-order valence-electron chi connectivity index (χ1n) is 4.85. The highest BCUT2D eigenvalue weighted by atomic mass is 16.3. The average Bonchev–Trinajstić information content (AvgIpc) is 2.21. The molecule has 2 nitrogen and oxygen atoms in total. The van der Waals surface area contributed by atoms with Crippen molar-refractivity contribution in [3.8, 4) is 0 Å². The Morgan fingerprint density at radius 1 is 1.31 bits per heavy atom. The van der Waals surface area contributed by atoms with E-state index < -0.39 is 0 Å². The summed E-state index contributed by atoms with van der Waals surface area (Å²) in [7, 11) is 0. The third-order valence-corrected chi connectivity index (χ3v) is 2.29. The number of aliphatic hydroxyl groups is 1. The molecule has 0 heterocycles. The van der Waals surface area contributed by atoms with Crippen LogP contribution in [0.1, 0.15) is 18.9 Å². The summed E-state index contributed by atoms with van der Waals surface area (Å²) in [5, 5.41) is 11.2. The number of rotatable bonds is 5. The molecule has 1 atom stereocenters. The fraction of sp³-hybridized carbons (Fsp3) is 0.455. The highest BCUT2D eigenvalue weighted by Gasteiger charge is 2.06. The molecule has 2 heteroatoms. The maximum absolute atomic E-state index is 8.97. The van der Waals surface area contributed by atoms with Crippen LogP contribution in [0.25, 0.3) is 0 Å². The van der Waals surface area contributed by atoms with E-state index in [0.717, 1.165) is 13.0 Å². The Morgan fingerprint density at radius 2 is 2.00 bits per heavy atom. The van der Waals surface area contributed by atoms with Crippen molar-refractivity contribution in [2.75, 3.05) is 6.61 Å². The van der Waals surface area contributed by atoms with Gasteiger partial charge in [-0.2, -0.15) is 0 Å². The third-order valence-electron chi connectivity index (χ3n) is 2.29. The van der Waals surface area contributed by atoms with Crippen molar-refractivity contribution in [2.45, 2.75) is 25.9 Å². The zero-order chi connectivity index (χ0) is 9.52. The van der Waals surface area contributed by atoms with Crippen molar-refractivity contribution in [1.29, 1.82) is 0 Å². The van der Waals surface area contributed by atoms with E-state index in [4.69, 9.17) is 5.11 Å². The van der Waals surface area contributed by atoms with Gasteiger partial charge in [0.2, 0.25) is 0 Å². The third kappa shape index (κ3) is 3.57. The lowest BCUT2D eigenvalue weighted by atomic mass is 10.2. The van der Waals surface area contributed by atoms with Gasteiger partial charge < -0.3 is 10.4 Å². The summed E-state index contributed by atoms with van der Waals surface area (Å²) < 4.78 is 0. The average molecular weight is 180 g/mol. The number of hydrogen-bond donors (Lipinski definition) is 2. The molecule has 3 N–H and O–H groups in total. The summed E-state index contributed by atoms with van der Waals surface area (Å²) in [6.45, 7) is 3.33. The molecular formula is C11H18NO+. The van der Waals surface area contributed by atoms with Crippen molar-refractivity contribution in [1.82, 2.24) is 0 Å². The van der Waals surface area contributed by atoms with Crippen molar-refractivity contribution < 1.29 is 10.4 Å². The van der Waals surface area contributed by atoms with Gasteiger partial charge in [-0.1, -0.05) is 37.3 Å². The molecule has 0 amide bonds. The number of hydrogen-bond acceptors (Lipinski definition) is 1. The van der Waals surface area contributed by atoms with Crippen LogP contribution < -0.4 is 5.32 Å². The van der Waals surface area contributed by atoms with E-state index in [9.17, 15) is 0 Å². The first-order valence-corrected chi connectivity index (χ1v) is 4.85. The predicted octanol–water partition coefficient (Wildman–Crippen LogP) is 0.521. The maximum atomic E-state index is 8.97. The van der Waals surface area contributed by atoms with E-state index in [-0.39, 0.29) is 6.61 Å². The molecule has 1 aromatic rings. The summed E-state index contributed by atoms with van der Waals surface area (Å²) in [6, 6.07) is 10.7. The smallest absolute Gasteiger partial charge is 0.109 e. The molecule has 0 aromatic heterocycles. The summed E-state index contributed by atoms with van der Waals surface area (Å²) >= 11 is 0. The van der Waals surface area contributed by atoms with Crippen LogP contribution in [-0.2, 0) is 6.54 Å². The molecular weight excluding hydrogens is 162 g/mol. The molecule has 1 rings (SSSR count). The fourth-order valence-corrected chi connectivity index (χ4v) is 1.29. The van der Waals surface area contributed by atoms with Crippen LogP contribution in [-0.4, -0.2) is 17.8 Å². The second-order valence-electron chi connectivity index (χ2n) is 3.28. The van der Waals surface area contributed by atoms with Crippen LogP contribution in [0.15, 0.2) is 30.3 Å². The van der Waals surface area contributed by atoms with Crippen LogP contribution >= 0.6 is 0 Å². The minimum Gasteiger partial charge on any atom is -0.390 e. The number of benzene rings is 1. The minimum atomic E-state index is 0.267. The second kappa shape index (κ2) is 5.73. The molecule has 0 aliphatic carbocycles. The number of quaternary nitrogens is 1. The van der Waals surface area contributed by atoms with E-state index in [1.54, 1.807) is 0 Å². The number of aliphatic hydroxyl groups excluding tert-OH is 1. The van der Waals surface area contributed by atoms with Gasteiger partial charge in [-0.05, 0) is 6.42 Å². The molecule has 0 unspecified atom stereocenters. The number of nitrogens with two attached hydrogens (primary N) is 1. The molecule has 0 fully saturated rings. The van der Waals surface area contributed by atoms with Gasteiger partial charge in [0.25, 0.3) is 0 Å². The van der Waals surface area contributed by atoms with Gasteiger partial charge in [0.05, 0.1) is 6.61 Å². The van der Waals surface area contributed by atoms with Gasteiger partial charge >= 0.3 is 0 Å². The lowest BCUT2D eigenvalue weighted by molar-refractivity contribution is -0.706. The molecule has 0 saturated carbocycles. The van der Waals surface area contributed by atoms with Gasteiger partial charge in [0.1, 0.15) is 12.6 Å². The van der Waals surface area contributed by atoms with Gasteiger partial charge in [0.15, 0.2) is 0 Å². The molecule has 0 saturated heterocycles. The lowest BCUT2D eigenvalue weighted by Crippen LogP contribution is -2.89. The quantitative estimate of drug-likeness (QED) is 0.681. The first kappa shape index (κ1) is 10.2. The molecule has 13 heavy (non-hydrogen) atoms. The van der Waals surface area contributed by atoms with Crippen LogP contribution in [0.3, 0.4) is 0 Å². The molecule has 1 aromatic carbocycles. The molecule has 0 spiro atoms. The maximum Gasteiger partial charge on any atom is 0.109 e. The second-order valence-corrected chi connectivity index (χ2v) is 3.28. The summed E-state index contributed by atoms with van der Waals surface area (Å²) in [5.74, 6) is 0. The SMILES string of the molecule is CC[C@H](CO)[NH2+]Cc1ccccc1. The van der Waals surface area contributed by atoms with Gasteiger partial charge in [-0.25, -0.2) is 0 Å². The van der Waals surface area contributed by atoms with Crippen LogP contribution in [0.4, 0.5) is 0 Å². The largest absolute Gasteiger partial charge is 0.390 e. The van der Waals surface area contributed by atoms with Crippen LogP contribution in [0.2, 0.25) is 0 Å².